The second-order valence-corrected chi connectivity index (χ2v) is 12.4. The van der Waals surface area contributed by atoms with Crippen molar-refractivity contribution in [3.8, 4) is 11.5 Å². The topological polar surface area (TPSA) is 144 Å². The number of unbranched alkanes of at least 4 members (excludes halogenated alkanes) is 3. The van der Waals surface area contributed by atoms with Gasteiger partial charge in [-0.05, 0) is 38.3 Å². The molecule has 0 spiro atoms. The SMILES string of the molecule is C=C(C)C(=O)OCCNC(=O)Oc1ccc(OC(=O)NCCCC)c2c1SC(=C1C(=O)N(CCCC)N(CCCC)C1=O)S2. The normalized spacial score (nSPS) is 14.1. The summed E-state index contributed by atoms with van der Waals surface area (Å²) in [5.74, 6) is -0.992. The maximum absolute atomic E-state index is 13.6. The van der Waals surface area contributed by atoms with Gasteiger partial charge in [0.1, 0.15) is 23.7 Å². The van der Waals surface area contributed by atoms with Crippen molar-refractivity contribution in [3.05, 3.63) is 34.1 Å². The van der Waals surface area contributed by atoms with Crippen molar-refractivity contribution in [2.24, 2.45) is 0 Å². The van der Waals surface area contributed by atoms with E-state index in [1.807, 2.05) is 20.8 Å². The van der Waals surface area contributed by atoms with Crippen LogP contribution in [0.4, 0.5) is 9.59 Å². The van der Waals surface area contributed by atoms with Crippen molar-refractivity contribution in [2.75, 3.05) is 32.8 Å². The summed E-state index contributed by atoms with van der Waals surface area (Å²) in [7, 11) is 0. The van der Waals surface area contributed by atoms with E-state index in [-0.39, 0.29) is 47.6 Å². The van der Waals surface area contributed by atoms with Gasteiger partial charge in [0, 0.05) is 25.2 Å². The minimum absolute atomic E-state index is 0.000552. The van der Waals surface area contributed by atoms with E-state index in [1.54, 1.807) is 0 Å². The summed E-state index contributed by atoms with van der Waals surface area (Å²) in [6.45, 7) is 12.3. The molecule has 240 valence electrons. The van der Waals surface area contributed by atoms with Crippen LogP contribution in [0.25, 0.3) is 0 Å². The molecule has 2 N–H and O–H groups in total. The molecule has 0 unspecified atom stereocenters. The van der Waals surface area contributed by atoms with Crippen LogP contribution in [0.1, 0.15) is 66.2 Å². The lowest BCUT2D eigenvalue weighted by Crippen LogP contribution is -2.42. The molecule has 1 aromatic carbocycles. The number of nitrogens with zero attached hydrogens (tertiary/aromatic N) is 2. The highest BCUT2D eigenvalue weighted by Gasteiger charge is 2.44. The van der Waals surface area contributed by atoms with E-state index in [9.17, 15) is 24.0 Å². The van der Waals surface area contributed by atoms with Crippen LogP contribution in [-0.2, 0) is 19.1 Å². The molecule has 0 saturated carbocycles. The van der Waals surface area contributed by atoms with Gasteiger partial charge in [0.2, 0.25) is 0 Å². The predicted octanol–water partition coefficient (Wildman–Crippen LogP) is 5.38. The maximum Gasteiger partial charge on any atom is 0.412 e. The van der Waals surface area contributed by atoms with Gasteiger partial charge in [-0.15, -0.1) is 0 Å². The Morgan fingerprint density at radius 2 is 1.27 bits per heavy atom. The monoisotopic (exact) mass is 648 g/mol. The number of carbonyl (C=O) groups excluding carboxylic acids is 5. The van der Waals surface area contributed by atoms with Gasteiger partial charge < -0.3 is 24.8 Å². The lowest BCUT2D eigenvalue weighted by molar-refractivity contribution is -0.147. The third-order valence-electron chi connectivity index (χ3n) is 6.43. The average Bonchev–Trinajstić information content (AvgIpc) is 3.52. The summed E-state index contributed by atoms with van der Waals surface area (Å²) >= 11 is 2.23. The zero-order valence-electron chi connectivity index (χ0n) is 25.6. The standard InChI is InChI=1S/C30H40N4O8S2/c1-6-9-14-31-29(38)41-20-12-13-21(42-30(39)32-15-18-40-27(37)19(4)5)24-23(20)43-28(44-24)22-25(35)33(16-10-7-2)34(26(22)36)17-11-8-3/h12-13H,4,6-11,14-18H2,1-3,5H3,(H,31,38)(H,32,39). The van der Waals surface area contributed by atoms with Crippen LogP contribution in [0, 0.1) is 0 Å². The molecule has 2 heterocycles. The van der Waals surface area contributed by atoms with Crippen molar-refractivity contribution in [3.63, 3.8) is 0 Å². The molecule has 2 aliphatic heterocycles. The van der Waals surface area contributed by atoms with Gasteiger partial charge >= 0.3 is 18.2 Å². The molecule has 1 saturated heterocycles. The zero-order valence-corrected chi connectivity index (χ0v) is 27.2. The van der Waals surface area contributed by atoms with Gasteiger partial charge in [-0.3, -0.25) is 9.59 Å². The number of amides is 4. The van der Waals surface area contributed by atoms with Crippen molar-refractivity contribution in [1.29, 1.82) is 0 Å². The fraction of sp³-hybridized carbons (Fsp3) is 0.500. The molecule has 1 aromatic rings. The number of ether oxygens (including phenoxy) is 3. The first-order valence-corrected chi connectivity index (χ1v) is 16.4. The Morgan fingerprint density at radius 3 is 1.73 bits per heavy atom. The molecular weight excluding hydrogens is 608 g/mol. The van der Waals surface area contributed by atoms with E-state index in [0.29, 0.717) is 33.7 Å². The van der Waals surface area contributed by atoms with Crippen LogP contribution in [0.5, 0.6) is 11.5 Å². The lowest BCUT2D eigenvalue weighted by atomic mass is 10.3. The number of esters is 1. The Bertz CT molecular complexity index is 1290. The molecule has 0 bridgehead atoms. The number of rotatable bonds is 15. The van der Waals surface area contributed by atoms with Gasteiger partial charge in [-0.1, -0.05) is 70.1 Å². The van der Waals surface area contributed by atoms with E-state index in [1.165, 1.54) is 29.1 Å². The summed E-state index contributed by atoms with van der Waals surface area (Å²) in [5.41, 5.74) is 0.279. The second-order valence-electron chi connectivity index (χ2n) is 10.1. The molecular formula is C30H40N4O8S2. The lowest BCUT2D eigenvalue weighted by Gasteiger charge is -2.27. The van der Waals surface area contributed by atoms with E-state index in [2.05, 4.69) is 17.2 Å². The largest absolute Gasteiger partial charge is 0.460 e. The minimum atomic E-state index is -0.805. The van der Waals surface area contributed by atoms with E-state index < -0.39 is 18.2 Å². The first-order chi connectivity index (χ1) is 21.1. The van der Waals surface area contributed by atoms with Crippen LogP contribution in [-0.4, -0.2) is 72.8 Å². The van der Waals surface area contributed by atoms with Crippen molar-refractivity contribution in [1.82, 2.24) is 20.7 Å². The predicted molar refractivity (Wildman–Crippen MR) is 167 cm³/mol. The number of thioether (sulfide) groups is 2. The number of nitrogens with one attached hydrogen (secondary N) is 2. The van der Waals surface area contributed by atoms with Crippen molar-refractivity contribution < 1.29 is 38.2 Å². The van der Waals surface area contributed by atoms with Crippen LogP contribution in [0.2, 0.25) is 0 Å². The van der Waals surface area contributed by atoms with E-state index >= 15 is 0 Å². The molecule has 0 atom stereocenters. The van der Waals surface area contributed by atoms with Gasteiger partial charge in [0.05, 0.1) is 20.6 Å². The number of benzene rings is 1. The van der Waals surface area contributed by atoms with Gasteiger partial charge in [0.15, 0.2) is 0 Å². The number of hydrazine groups is 1. The molecule has 1 fully saturated rings. The van der Waals surface area contributed by atoms with Gasteiger partial charge in [0.25, 0.3) is 11.8 Å². The minimum Gasteiger partial charge on any atom is -0.460 e. The molecule has 0 aliphatic carbocycles. The average molecular weight is 649 g/mol. The quantitative estimate of drug-likeness (QED) is 0.110. The molecule has 44 heavy (non-hydrogen) atoms. The molecule has 4 amide bonds. The highest BCUT2D eigenvalue weighted by atomic mass is 32.2. The number of carbonyl (C=O) groups is 5. The third kappa shape index (κ3) is 8.94. The highest BCUT2D eigenvalue weighted by molar-refractivity contribution is 8.25. The summed E-state index contributed by atoms with van der Waals surface area (Å²) in [5, 5.41) is 8.23. The fourth-order valence-electron chi connectivity index (χ4n) is 4.05. The summed E-state index contributed by atoms with van der Waals surface area (Å²) in [4.78, 5) is 64.7. The summed E-state index contributed by atoms with van der Waals surface area (Å²) in [6, 6.07) is 2.98. The van der Waals surface area contributed by atoms with E-state index in [4.69, 9.17) is 14.2 Å². The third-order valence-corrected chi connectivity index (χ3v) is 9.05. The highest BCUT2D eigenvalue weighted by Crippen LogP contribution is 2.59. The van der Waals surface area contributed by atoms with Gasteiger partial charge in [-0.25, -0.2) is 24.4 Å². The maximum atomic E-state index is 13.6. The Morgan fingerprint density at radius 1 is 0.795 bits per heavy atom. The van der Waals surface area contributed by atoms with Crippen LogP contribution in [0.3, 0.4) is 0 Å². The van der Waals surface area contributed by atoms with Gasteiger partial charge in [-0.2, -0.15) is 0 Å². The number of fused-ring (bicyclic) bond motifs is 1. The number of hydrogen-bond acceptors (Lipinski definition) is 10. The summed E-state index contributed by atoms with van der Waals surface area (Å²) < 4.78 is 16.5. The fourth-order valence-corrected chi connectivity index (χ4v) is 6.70. The molecule has 0 aromatic heterocycles. The molecule has 12 nitrogen and oxygen atoms in total. The van der Waals surface area contributed by atoms with Crippen LogP contribution < -0.4 is 20.1 Å². The molecule has 3 rings (SSSR count). The Hall–Kier alpha value is -3.65. The zero-order chi connectivity index (χ0) is 32.2. The molecule has 2 aliphatic rings. The number of hydrogen-bond donors (Lipinski definition) is 2. The van der Waals surface area contributed by atoms with Crippen LogP contribution in [0.15, 0.2) is 43.9 Å². The van der Waals surface area contributed by atoms with Crippen molar-refractivity contribution in [2.45, 2.75) is 76.0 Å². The smallest absolute Gasteiger partial charge is 0.412 e. The van der Waals surface area contributed by atoms with Crippen molar-refractivity contribution >= 4 is 53.5 Å². The second kappa shape index (κ2) is 17.0. The Balaban J connectivity index is 1.88. The van der Waals surface area contributed by atoms with E-state index in [0.717, 1.165) is 62.0 Å². The Kier molecular flexibility index (Phi) is 13.5. The Labute approximate surface area is 266 Å². The molecule has 0 radical (unpaired) electrons. The summed E-state index contributed by atoms with van der Waals surface area (Å²) in [6.07, 6.45) is 3.45. The first-order valence-electron chi connectivity index (χ1n) is 14.8. The first kappa shape index (κ1) is 34.8. The van der Waals surface area contributed by atoms with Crippen LogP contribution >= 0.6 is 23.5 Å². The molecule has 14 heteroatoms.